The molecule has 0 aliphatic heterocycles. The molecule has 26 heavy (non-hydrogen) atoms. The minimum Gasteiger partial charge on any atom is -0.361 e. The summed E-state index contributed by atoms with van der Waals surface area (Å²) in [5.41, 5.74) is 6.00. The molecular weight excluding hydrogens is 320 g/mol. The molecule has 2 aromatic carbocycles. The van der Waals surface area contributed by atoms with E-state index in [1.807, 2.05) is 6.07 Å². The summed E-state index contributed by atoms with van der Waals surface area (Å²) in [6.07, 6.45) is 2.52. The number of H-pyrrole nitrogens is 1. The molecule has 3 heteroatoms. The second-order valence-electron chi connectivity index (χ2n) is 7.60. The van der Waals surface area contributed by atoms with Crippen LogP contribution in [0.2, 0.25) is 0 Å². The Morgan fingerprint density at radius 3 is 2.58 bits per heavy atom. The van der Waals surface area contributed by atoms with Crippen LogP contribution < -0.4 is 5.32 Å². The number of hydrogen-bond donors (Lipinski definition) is 2. The van der Waals surface area contributed by atoms with Crippen LogP contribution in [0.1, 0.15) is 48.4 Å². The van der Waals surface area contributed by atoms with Gasteiger partial charge < -0.3 is 10.3 Å². The summed E-state index contributed by atoms with van der Waals surface area (Å²) < 4.78 is 0. The van der Waals surface area contributed by atoms with Gasteiger partial charge in [-0.25, -0.2) is 0 Å². The number of aromatic amines is 1. The Bertz CT molecular complexity index is 907. The van der Waals surface area contributed by atoms with Crippen molar-refractivity contribution >= 4 is 16.8 Å². The number of amides is 1. The summed E-state index contributed by atoms with van der Waals surface area (Å²) in [5.74, 6) is 0.597. The molecule has 0 saturated carbocycles. The maximum absolute atomic E-state index is 12.6. The number of benzene rings is 2. The van der Waals surface area contributed by atoms with Crippen molar-refractivity contribution in [3.8, 4) is 0 Å². The van der Waals surface area contributed by atoms with Crippen LogP contribution in [-0.4, -0.2) is 17.4 Å². The minimum atomic E-state index is 0.0407. The van der Waals surface area contributed by atoms with Gasteiger partial charge in [-0.15, -0.1) is 0 Å². The smallest absolute Gasteiger partial charge is 0.220 e. The van der Waals surface area contributed by atoms with E-state index in [-0.39, 0.29) is 11.8 Å². The Balaban J connectivity index is 2.00. The molecule has 3 aromatic rings. The summed E-state index contributed by atoms with van der Waals surface area (Å²) in [6, 6.07) is 14.8. The van der Waals surface area contributed by atoms with Gasteiger partial charge in [-0.1, -0.05) is 55.8 Å². The molecule has 3 rings (SSSR count). The van der Waals surface area contributed by atoms with E-state index in [1.54, 1.807) is 0 Å². The fraction of sp³-hybridized carbons (Fsp3) is 0.348. The Morgan fingerprint density at radius 1 is 1.08 bits per heavy atom. The van der Waals surface area contributed by atoms with Gasteiger partial charge in [0.25, 0.3) is 0 Å². The molecule has 0 aliphatic carbocycles. The molecule has 2 N–H and O–H groups in total. The molecule has 0 fully saturated rings. The molecule has 0 bridgehead atoms. The van der Waals surface area contributed by atoms with E-state index in [4.69, 9.17) is 0 Å². The summed E-state index contributed by atoms with van der Waals surface area (Å²) in [4.78, 5) is 16.0. The number of fused-ring (bicyclic) bond motifs is 1. The highest BCUT2D eigenvalue weighted by Crippen LogP contribution is 2.35. The van der Waals surface area contributed by atoms with Crippen molar-refractivity contribution in [3.63, 3.8) is 0 Å². The van der Waals surface area contributed by atoms with Crippen LogP contribution in [0.5, 0.6) is 0 Å². The van der Waals surface area contributed by atoms with Crippen molar-refractivity contribution in [3.05, 3.63) is 70.9 Å². The van der Waals surface area contributed by atoms with Gasteiger partial charge in [0.1, 0.15) is 0 Å². The summed E-state index contributed by atoms with van der Waals surface area (Å²) in [6.45, 7) is 9.18. The fourth-order valence-electron chi connectivity index (χ4n) is 3.56. The topological polar surface area (TPSA) is 44.9 Å². The molecule has 136 valence electrons. The Labute approximate surface area is 155 Å². The molecule has 0 saturated heterocycles. The molecule has 0 spiro atoms. The Hall–Kier alpha value is -2.55. The third-order valence-corrected chi connectivity index (χ3v) is 4.89. The van der Waals surface area contributed by atoms with Crippen molar-refractivity contribution in [1.82, 2.24) is 10.3 Å². The van der Waals surface area contributed by atoms with Crippen LogP contribution in [0.15, 0.2) is 48.7 Å². The summed E-state index contributed by atoms with van der Waals surface area (Å²) in [7, 11) is 0. The van der Waals surface area contributed by atoms with Crippen molar-refractivity contribution in [1.29, 1.82) is 0 Å². The number of aromatic nitrogens is 1. The molecule has 0 unspecified atom stereocenters. The molecule has 0 aliphatic rings. The zero-order valence-electron chi connectivity index (χ0n) is 16.1. The fourth-order valence-corrected chi connectivity index (χ4v) is 3.56. The zero-order valence-corrected chi connectivity index (χ0v) is 16.1. The van der Waals surface area contributed by atoms with Crippen LogP contribution in [0.25, 0.3) is 10.9 Å². The third-order valence-electron chi connectivity index (χ3n) is 4.89. The molecule has 1 heterocycles. The number of rotatable bonds is 6. The normalized spacial score (nSPS) is 12.5. The van der Waals surface area contributed by atoms with Gasteiger partial charge in [0.05, 0.1) is 0 Å². The van der Waals surface area contributed by atoms with E-state index in [2.05, 4.69) is 80.6 Å². The average molecular weight is 348 g/mol. The van der Waals surface area contributed by atoms with E-state index >= 15 is 0 Å². The first-order valence-corrected chi connectivity index (χ1v) is 9.35. The van der Waals surface area contributed by atoms with E-state index in [0.717, 1.165) is 5.52 Å². The quantitative estimate of drug-likeness (QED) is 0.641. The van der Waals surface area contributed by atoms with Crippen LogP contribution in [0.3, 0.4) is 0 Å². The summed E-state index contributed by atoms with van der Waals surface area (Å²) in [5, 5.41) is 4.26. The number of carbonyl (C=O) groups is 1. The largest absolute Gasteiger partial charge is 0.361 e. The van der Waals surface area contributed by atoms with Crippen LogP contribution in [-0.2, 0) is 4.79 Å². The van der Waals surface area contributed by atoms with Gasteiger partial charge in [-0.3, -0.25) is 4.79 Å². The first kappa shape index (κ1) is 18.2. The number of hydrogen-bond acceptors (Lipinski definition) is 1. The molecule has 3 nitrogen and oxygen atoms in total. The number of nitrogens with one attached hydrogen (secondary N) is 2. The van der Waals surface area contributed by atoms with Gasteiger partial charge in [0.15, 0.2) is 0 Å². The average Bonchev–Trinajstić information content (AvgIpc) is 3.02. The highest BCUT2D eigenvalue weighted by molar-refractivity contribution is 5.86. The van der Waals surface area contributed by atoms with E-state index in [0.29, 0.717) is 18.9 Å². The van der Waals surface area contributed by atoms with Gasteiger partial charge in [0.2, 0.25) is 5.91 Å². The highest BCUT2D eigenvalue weighted by Gasteiger charge is 2.22. The SMILES string of the molecule is Cc1ccc([C@@H](CC(=O)NCC(C)C)c2c[nH]c3ccccc23)c(C)c1. The van der Waals surface area contributed by atoms with Crippen molar-refractivity contribution in [2.75, 3.05) is 6.54 Å². The second kappa shape index (κ2) is 7.77. The monoisotopic (exact) mass is 348 g/mol. The molecule has 1 amide bonds. The lowest BCUT2D eigenvalue weighted by molar-refractivity contribution is -0.121. The maximum atomic E-state index is 12.6. The van der Waals surface area contributed by atoms with Crippen molar-refractivity contribution in [2.45, 2.75) is 40.0 Å². The predicted octanol–water partition coefficient (Wildman–Crippen LogP) is 5.08. The molecule has 1 aromatic heterocycles. The Kier molecular flexibility index (Phi) is 5.46. The van der Waals surface area contributed by atoms with Crippen LogP contribution in [0.4, 0.5) is 0 Å². The minimum absolute atomic E-state index is 0.0407. The van der Waals surface area contributed by atoms with Crippen molar-refractivity contribution < 1.29 is 4.79 Å². The lowest BCUT2D eigenvalue weighted by Crippen LogP contribution is -2.28. The Morgan fingerprint density at radius 2 is 1.85 bits per heavy atom. The molecular formula is C23H28N2O. The standard InChI is InChI=1S/C23H28N2O/c1-15(2)13-25-23(26)12-20(18-10-9-16(3)11-17(18)4)21-14-24-22-8-6-5-7-19(21)22/h5-11,14-15,20,24H,12-13H2,1-4H3,(H,25,26)/t20-/m1/s1. The second-order valence-corrected chi connectivity index (χ2v) is 7.60. The molecule has 0 radical (unpaired) electrons. The van der Waals surface area contributed by atoms with Crippen molar-refractivity contribution in [2.24, 2.45) is 5.92 Å². The number of aryl methyl sites for hydroxylation is 2. The lowest BCUT2D eigenvalue weighted by Gasteiger charge is -2.20. The predicted molar refractivity (Wildman–Crippen MR) is 109 cm³/mol. The van der Waals surface area contributed by atoms with Gasteiger partial charge in [-0.2, -0.15) is 0 Å². The summed E-state index contributed by atoms with van der Waals surface area (Å²) >= 11 is 0. The third kappa shape index (κ3) is 3.98. The number of para-hydroxylation sites is 1. The molecule has 1 atom stereocenters. The van der Waals surface area contributed by atoms with Gasteiger partial charge in [0, 0.05) is 36.0 Å². The van der Waals surface area contributed by atoms with E-state index in [1.165, 1.54) is 27.6 Å². The maximum Gasteiger partial charge on any atom is 0.220 e. The zero-order chi connectivity index (χ0) is 18.7. The van der Waals surface area contributed by atoms with Crippen LogP contribution >= 0.6 is 0 Å². The van der Waals surface area contributed by atoms with E-state index < -0.39 is 0 Å². The first-order valence-electron chi connectivity index (χ1n) is 9.35. The number of carbonyl (C=O) groups excluding carboxylic acids is 1. The first-order chi connectivity index (χ1) is 12.5. The van der Waals surface area contributed by atoms with Gasteiger partial charge >= 0.3 is 0 Å². The lowest BCUT2D eigenvalue weighted by atomic mass is 9.85. The van der Waals surface area contributed by atoms with E-state index in [9.17, 15) is 4.79 Å². The highest BCUT2D eigenvalue weighted by atomic mass is 16.1. The van der Waals surface area contributed by atoms with Crippen LogP contribution in [0, 0.1) is 19.8 Å². The van der Waals surface area contributed by atoms with Gasteiger partial charge in [-0.05, 0) is 42.5 Å².